The summed E-state index contributed by atoms with van der Waals surface area (Å²) in [4.78, 5) is 6.76. The normalized spacial score (nSPS) is 16.0. The van der Waals surface area contributed by atoms with Crippen LogP contribution in [0.5, 0.6) is 0 Å². The summed E-state index contributed by atoms with van der Waals surface area (Å²) in [6.45, 7) is 6.07. The van der Waals surface area contributed by atoms with Crippen LogP contribution >= 0.6 is 0 Å². The Morgan fingerprint density at radius 3 is 2.48 bits per heavy atom. The van der Waals surface area contributed by atoms with Crippen molar-refractivity contribution in [2.75, 3.05) is 31.1 Å². The Labute approximate surface area is 138 Å². The van der Waals surface area contributed by atoms with Crippen LogP contribution in [0.15, 0.2) is 36.7 Å². The molecule has 0 atom stereocenters. The van der Waals surface area contributed by atoms with Crippen molar-refractivity contribution in [2.24, 2.45) is 5.73 Å². The van der Waals surface area contributed by atoms with E-state index in [9.17, 15) is 0 Å². The van der Waals surface area contributed by atoms with E-state index in [1.54, 1.807) is 0 Å². The lowest BCUT2D eigenvalue weighted by atomic mass is 10.0. The van der Waals surface area contributed by atoms with Crippen LogP contribution in [-0.4, -0.2) is 41.8 Å². The van der Waals surface area contributed by atoms with Gasteiger partial charge in [0, 0.05) is 42.9 Å². The Hall–Kier alpha value is -1.85. The highest BCUT2D eigenvalue weighted by atomic mass is 15.1. The molecule has 23 heavy (non-hydrogen) atoms. The molecule has 1 aromatic carbocycles. The van der Waals surface area contributed by atoms with Crippen molar-refractivity contribution in [2.45, 2.75) is 32.2 Å². The van der Waals surface area contributed by atoms with E-state index >= 15 is 0 Å². The molecular weight excluding hydrogens is 286 g/mol. The van der Waals surface area contributed by atoms with E-state index < -0.39 is 0 Å². The van der Waals surface area contributed by atoms with E-state index in [0.717, 1.165) is 38.4 Å². The van der Waals surface area contributed by atoms with Gasteiger partial charge in [-0.05, 0) is 63.5 Å². The van der Waals surface area contributed by atoms with Gasteiger partial charge in [-0.2, -0.15) is 0 Å². The zero-order valence-corrected chi connectivity index (χ0v) is 13.9. The summed E-state index contributed by atoms with van der Waals surface area (Å²) in [5, 5.41) is 3.61. The molecular formula is C18H27N5. The first kappa shape index (κ1) is 16.0. The number of hydrogen-bond acceptors (Lipinski definition) is 4. The molecule has 2 heterocycles. The van der Waals surface area contributed by atoms with Gasteiger partial charge in [0.15, 0.2) is 0 Å². The molecule has 1 aromatic heterocycles. The summed E-state index contributed by atoms with van der Waals surface area (Å²) in [5.74, 6) is 1.02. The second-order valence-corrected chi connectivity index (χ2v) is 6.22. The van der Waals surface area contributed by atoms with Gasteiger partial charge in [-0.3, -0.25) is 0 Å². The summed E-state index contributed by atoms with van der Waals surface area (Å²) in [7, 11) is 0. The van der Waals surface area contributed by atoms with E-state index in [4.69, 9.17) is 5.73 Å². The molecule has 5 nitrogen and oxygen atoms in total. The highest BCUT2D eigenvalue weighted by Gasteiger charge is 2.18. The van der Waals surface area contributed by atoms with Crippen LogP contribution in [0.2, 0.25) is 0 Å². The first-order chi connectivity index (χ1) is 11.3. The lowest BCUT2D eigenvalue weighted by Crippen LogP contribution is -2.43. The number of aryl methyl sites for hydroxylation is 1. The molecule has 1 aliphatic heterocycles. The van der Waals surface area contributed by atoms with Crippen molar-refractivity contribution in [3.63, 3.8) is 0 Å². The van der Waals surface area contributed by atoms with Gasteiger partial charge in [0.1, 0.15) is 5.82 Å². The molecule has 3 N–H and O–H groups in total. The predicted octanol–water partition coefficient (Wildman–Crippen LogP) is 2.09. The maximum absolute atomic E-state index is 5.54. The van der Waals surface area contributed by atoms with Gasteiger partial charge in [0.2, 0.25) is 0 Å². The first-order valence-electron chi connectivity index (χ1n) is 8.56. The van der Waals surface area contributed by atoms with Crippen LogP contribution < -0.4 is 16.0 Å². The zero-order valence-electron chi connectivity index (χ0n) is 13.9. The third-order valence-corrected chi connectivity index (χ3v) is 4.63. The first-order valence-corrected chi connectivity index (χ1v) is 8.56. The zero-order chi connectivity index (χ0) is 16.1. The number of nitrogens with one attached hydrogen (secondary N) is 1. The van der Waals surface area contributed by atoms with Crippen molar-refractivity contribution in [1.29, 1.82) is 0 Å². The third kappa shape index (κ3) is 3.92. The molecule has 1 aliphatic rings. The molecule has 2 aromatic rings. The fourth-order valence-electron chi connectivity index (χ4n) is 3.22. The standard InChI is InChI=1S/C18H27N5/c1-15-20-11-14-23(15)18-5-3-17(4-6-18)22-12-7-16(8-13-22)21-10-2-9-19/h3-6,11,14,16,21H,2,7-10,12-13,19H2,1H3. The van der Waals surface area contributed by atoms with Gasteiger partial charge in [0.05, 0.1) is 0 Å². The molecule has 5 heteroatoms. The summed E-state index contributed by atoms with van der Waals surface area (Å²) >= 11 is 0. The second-order valence-electron chi connectivity index (χ2n) is 6.22. The van der Waals surface area contributed by atoms with Crippen molar-refractivity contribution in [1.82, 2.24) is 14.9 Å². The smallest absolute Gasteiger partial charge is 0.110 e. The van der Waals surface area contributed by atoms with Crippen LogP contribution in [0.1, 0.15) is 25.1 Å². The fraction of sp³-hybridized carbons (Fsp3) is 0.500. The molecule has 0 radical (unpaired) electrons. The lowest BCUT2D eigenvalue weighted by molar-refractivity contribution is 0.414. The maximum atomic E-state index is 5.54. The average Bonchev–Trinajstić information content (AvgIpc) is 3.02. The Morgan fingerprint density at radius 2 is 1.87 bits per heavy atom. The molecule has 0 saturated carbocycles. The van der Waals surface area contributed by atoms with Crippen LogP contribution in [0, 0.1) is 6.92 Å². The number of benzene rings is 1. The summed E-state index contributed by atoms with van der Waals surface area (Å²) in [6.07, 6.45) is 7.31. The Kier molecular flexibility index (Phi) is 5.31. The van der Waals surface area contributed by atoms with Crippen molar-refractivity contribution >= 4 is 5.69 Å². The number of anilines is 1. The minimum atomic E-state index is 0.644. The molecule has 1 fully saturated rings. The Morgan fingerprint density at radius 1 is 1.17 bits per heavy atom. The average molecular weight is 313 g/mol. The minimum absolute atomic E-state index is 0.644. The van der Waals surface area contributed by atoms with Gasteiger partial charge < -0.3 is 20.5 Å². The molecule has 0 bridgehead atoms. The minimum Gasteiger partial charge on any atom is -0.371 e. The fourth-order valence-corrected chi connectivity index (χ4v) is 3.22. The molecule has 0 spiro atoms. The number of aromatic nitrogens is 2. The molecule has 1 saturated heterocycles. The molecule has 0 aliphatic carbocycles. The Balaban J connectivity index is 1.56. The number of nitrogens with two attached hydrogens (primary N) is 1. The number of imidazole rings is 1. The quantitative estimate of drug-likeness (QED) is 0.802. The summed E-state index contributed by atoms with van der Waals surface area (Å²) in [5.41, 5.74) is 8.03. The van der Waals surface area contributed by atoms with Gasteiger partial charge in [-0.15, -0.1) is 0 Å². The predicted molar refractivity (Wildman–Crippen MR) is 95.2 cm³/mol. The van der Waals surface area contributed by atoms with Gasteiger partial charge >= 0.3 is 0 Å². The van der Waals surface area contributed by atoms with Gasteiger partial charge in [-0.1, -0.05) is 0 Å². The number of piperidine rings is 1. The largest absolute Gasteiger partial charge is 0.371 e. The van der Waals surface area contributed by atoms with E-state index in [1.165, 1.54) is 24.2 Å². The van der Waals surface area contributed by atoms with Gasteiger partial charge in [0.25, 0.3) is 0 Å². The molecule has 3 rings (SSSR count). The highest BCUT2D eigenvalue weighted by Crippen LogP contribution is 2.22. The number of nitrogens with zero attached hydrogens (tertiary/aromatic N) is 3. The van der Waals surface area contributed by atoms with Crippen LogP contribution in [0.25, 0.3) is 5.69 Å². The summed E-state index contributed by atoms with van der Waals surface area (Å²) in [6, 6.07) is 9.43. The Bertz CT molecular complexity index is 596. The third-order valence-electron chi connectivity index (χ3n) is 4.63. The molecule has 0 unspecified atom stereocenters. The van der Waals surface area contributed by atoms with Crippen LogP contribution in [-0.2, 0) is 0 Å². The van der Waals surface area contributed by atoms with Crippen LogP contribution in [0.3, 0.4) is 0 Å². The maximum Gasteiger partial charge on any atom is 0.110 e. The van der Waals surface area contributed by atoms with E-state index in [-0.39, 0.29) is 0 Å². The van der Waals surface area contributed by atoms with E-state index in [0.29, 0.717) is 6.04 Å². The number of rotatable bonds is 6. The van der Waals surface area contributed by atoms with E-state index in [2.05, 4.69) is 44.0 Å². The second kappa shape index (κ2) is 7.62. The van der Waals surface area contributed by atoms with Crippen molar-refractivity contribution in [3.05, 3.63) is 42.5 Å². The SMILES string of the molecule is Cc1nccn1-c1ccc(N2CCC(NCCCN)CC2)cc1. The van der Waals surface area contributed by atoms with Crippen molar-refractivity contribution in [3.8, 4) is 5.69 Å². The monoisotopic (exact) mass is 313 g/mol. The van der Waals surface area contributed by atoms with Gasteiger partial charge in [-0.25, -0.2) is 4.98 Å². The molecule has 124 valence electrons. The topological polar surface area (TPSA) is 59.1 Å². The summed E-state index contributed by atoms with van der Waals surface area (Å²) < 4.78 is 2.11. The van der Waals surface area contributed by atoms with Crippen LogP contribution in [0.4, 0.5) is 5.69 Å². The number of hydrogen-bond donors (Lipinski definition) is 2. The highest BCUT2D eigenvalue weighted by molar-refractivity contribution is 5.51. The van der Waals surface area contributed by atoms with Crippen molar-refractivity contribution < 1.29 is 0 Å². The lowest BCUT2D eigenvalue weighted by Gasteiger charge is -2.34. The molecule has 0 amide bonds. The van der Waals surface area contributed by atoms with E-state index in [1.807, 2.05) is 19.3 Å².